The third kappa shape index (κ3) is 7.28. The molecule has 0 saturated heterocycles. The molecule has 176 valence electrons. The number of halogens is 1. The number of non-ortho nitro benzene ring substituents is 1. The zero-order chi connectivity index (χ0) is 24.7. The molecule has 0 unspecified atom stereocenters. The van der Waals surface area contributed by atoms with Gasteiger partial charge in [-0.05, 0) is 35.6 Å². The minimum Gasteiger partial charge on any atom is -0.454 e. The van der Waals surface area contributed by atoms with Gasteiger partial charge in [0.1, 0.15) is 6.04 Å². The molecule has 0 saturated carbocycles. The fourth-order valence-electron chi connectivity index (χ4n) is 2.89. The van der Waals surface area contributed by atoms with Crippen LogP contribution in [0.1, 0.15) is 49.5 Å². The van der Waals surface area contributed by atoms with Crippen LogP contribution in [0.5, 0.6) is 0 Å². The van der Waals surface area contributed by atoms with Crippen molar-refractivity contribution in [2.75, 3.05) is 11.9 Å². The third-order valence-corrected chi connectivity index (χ3v) is 5.13. The van der Waals surface area contributed by atoms with Gasteiger partial charge in [-0.15, -0.1) is 0 Å². The molecule has 2 amide bonds. The highest BCUT2D eigenvalue weighted by Crippen LogP contribution is 2.23. The molecule has 2 aromatic carbocycles. The van der Waals surface area contributed by atoms with Crippen molar-refractivity contribution in [3.05, 3.63) is 68.7 Å². The van der Waals surface area contributed by atoms with Crippen LogP contribution in [-0.2, 0) is 14.3 Å². The Morgan fingerprint density at radius 2 is 1.70 bits per heavy atom. The monoisotopic (exact) mass is 475 g/mol. The standard InChI is InChI=1S/C23H26ClN3O6/c1-13(2)15-5-7-16(8-6-15)25-20(28)12-33-23(30)21(14(3)4)26-22(29)18-10-9-17(27(31)32)11-19(18)24/h5-11,13-14,21H,12H2,1-4H3,(H,25,28)(H,26,29)/t21-/m0/s1. The Labute approximate surface area is 196 Å². The highest BCUT2D eigenvalue weighted by molar-refractivity contribution is 6.34. The predicted octanol–water partition coefficient (Wildman–Crippen LogP) is 4.31. The molecule has 0 heterocycles. The van der Waals surface area contributed by atoms with Gasteiger partial charge in [0.05, 0.1) is 15.5 Å². The molecule has 0 aliphatic rings. The summed E-state index contributed by atoms with van der Waals surface area (Å²) in [4.78, 5) is 47.4. The highest BCUT2D eigenvalue weighted by Gasteiger charge is 2.28. The van der Waals surface area contributed by atoms with E-state index in [9.17, 15) is 24.5 Å². The fourth-order valence-corrected chi connectivity index (χ4v) is 3.15. The van der Waals surface area contributed by atoms with Crippen LogP contribution in [0.3, 0.4) is 0 Å². The smallest absolute Gasteiger partial charge is 0.329 e. The number of carbonyl (C=O) groups is 3. The Morgan fingerprint density at radius 1 is 1.06 bits per heavy atom. The van der Waals surface area contributed by atoms with Crippen molar-refractivity contribution < 1.29 is 24.0 Å². The number of nitro groups is 1. The minimum absolute atomic E-state index is 0.0247. The SMILES string of the molecule is CC(C)c1ccc(NC(=O)COC(=O)[C@@H](NC(=O)c2ccc([N+](=O)[O-])cc2Cl)C(C)C)cc1. The Morgan fingerprint density at radius 3 is 2.21 bits per heavy atom. The zero-order valence-electron chi connectivity index (χ0n) is 18.8. The van der Waals surface area contributed by atoms with Crippen molar-refractivity contribution in [3.63, 3.8) is 0 Å². The van der Waals surface area contributed by atoms with Gasteiger partial charge >= 0.3 is 5.97 Å². The molecule has 0 aliphatic carbocycles. The Bertz CT molecular complexity index is 1040. The van der Waals surface area contributed by atoms with E-state index in [-0.39, 0.29) is 22.2 Å². The molecule has 33 heavy (non-hydrogen) atoms. The molecule has 2 aromatic rings. The summed E-state index contributed by atoms with van der Waals surface area (Å²) >= 11 is 5.98. The first kappa shape index (κ1) is 25.8. The van der Waals surface area contributed by atoms with Gasteiger partial charge in [0.2, 0.25) is 0 Å². The van der Waals surface area contributed by atoms with Crippen molar-refractivity contribution >= 4 is 40.8 Å². The Hall–Kier alpha value is -3.46. The average molecular weight is 476 g/mol. The maximum absolute atomic E-state index is 12.6. The molecule has 1 atom stereocenters. The molecule has 0 aliphatic heterocycles. The van der Waals surface area contributed by atoms with E-state index in [1.54, 1.807) is 26.0 Å². The average Bonchev–Trinajstić information content (AvgIpc) is 2.75. The van der Waals surface area contributed by atoms with Gasteiger partial charge in [-0.1, -0.05) is 51.4 Å². The zero-order valence-corrected chi connectivity index (χ0v) is 19.5. The molecular formula is C23H26ClN3O6. The molecule has 9 nitrogen and oxygen atoms in total. The van der Waals surface area contributed by atoms with Crippen molar-refractivity contribution in [1.29, 1.82) is 0 Å². The van der Waals surface area contributed by atoms with Gasteiger partial charge in [0.15, 0.2) is 6.61 Å². The third-order valence-electron chi connectivity index (χ3n) is 4.82. The molecule has 2 N–H and O–H groups in total. The molecular weight excluding hydrogens is 450 g/mol. The lowest BCUT2D eigenvalue weighted by Crippen LogP contribution is -2.46. The van der Waals surface area contributed by atoms with Gasteiger partial charge in [0, 0.05) is 17.8 Å². The van der Waals surface area contributed by atoms with Gasteiger partial charge in [-0.2, -0.15) is 0 Å². The number of rotatable bonds is 9. The largest absolute Gasteiger partial charge is 0.454 e. The minimum atomic E-state index is -1.05. The van der Waals surface area contributed by atoms with E-state index in [4.69, 9.17) is 16.3 Å². The Balaban J connectivity index is 1.97. The molecule has 0 fully saturated rings. The summed E-state index contributed by atoms with van der Waals surface area (Å²) in [5.74, 6) is -2.00. The number of hydrogen-bond donors (Lipinski definition) is 2. The van der Waals surface area contributed by atoms with Crippen LogP contribution >= 0.6 is 11.6 Å². The van der Waals surface area contributed by atoms with Crippen LogP contribution in [0.15, 0.2) is 42.5 Å². The number of nitro benzene ring substituents is 1. The summed E-state index contributed by atoms with van der Waals surface area (Å²) < 4.78 is 5.09. The first-order chi connectivity index (χ1) is 15.5. The van der Waals surface area contributed by atoms with Crippen LogP contribution in [0, 0.1) is 16.0 Å². The molecule has 0 spiro atoms. The van der Waals surface area contributed by atoms with E-state index < -0.39 is 35.4 Å². The van der Waals surface area contributed by atoms with Crippen molar-refractivity contribution in [2.24, 2.45) is 5.92 Å². The first-order valence-corrected chi connectivity index (χ1v) is 10.7. The van der Waals surface area contributed by atoms with E-state index in [2.05, 4.69) is 24.5 Å². The number of anilines is 1. The van der Waals surface area contributed by atoms with Crippen LogP contribution in [-0.4, -0.2) is 35.4 Å². The maximum atomic E-state index is 12.6. The number of hydrogen-bond acceptors (Lipinski definition) is 6. The molecule has 2 rings (SSSR count). The van der Waals surface area contributed by atoms with Crippen LogP contribution in [0.4, 0.5) is 11.4 Å². The second-order valence-corrected chi connectivity index (χ2v) is 8.46. The second kappa shape index (κ2) is 11.4. The van der Waals surface area contributed by atoms with E-state index in [0.29, 0.717) is 11.6 Å². The van der Waals surface area contributed by atoms with Gasteiger partial charge in [-0.3, -0.25) is 19.7 Å². The van der Waals surface area contributed by atoms with Crippen LogP contribution in [0.25, 0.3) is 0 Å². The molecule has 0 radical (unpaired) electrons. The van der Waals surface area contributed by atoms with E-state index >= 15 is 0 Å². The van der Waals surface area contributed by atoms with Crippen LogP contribution < -0.4 is 10.6 Å². The van der Waals surface area contributed by atoms with Crippen molar-refractivity contribution in [2.45, 2.75) is 39.7 Å². The van der Waals surface area contributed by atoms with Gasteiger partial charge in [-0.25, -0.2) is 4.79 Å². The molecule has 0 aromatic heterocycles. The molecule has 0 bridgehead atoms. The lowest BCUT2D eigenvalue weighted by molar-refractivity contribution is -0.384. The van der Waals surface area contributed by atoms with Crippen LogP contribution in [0.2, 0.25) is 5.02 Å². The predicted molar refractivity (Wildman–Crippen MR) is 124 cm³/mol. The first-order valence-electron chi connectivity index (χ1n) is 10.3. The number of esters is 1. The number of nitrogens with one attached hydrogen (secondary N) is 2. The fraction of sp³-hybridized carbons (Fsp3) is 0.348. The summed E-state index contributed by atoms with van der Waals surface area (Å²) in [6, 6.07) is 9.68. The lowest BCUT2D eigenvalue weighted by atomic mass is 10.0. The number of carbonyl (C=O) groups excluding carboxylic acids is 3. The summed E-state index contributed by atoms with van der Waals surface area (Å²) in [5.41, 5.74) is 1.41. The van der Waals surface area contributed by atoms with Crippen molar-refractivity contribution in [1.82, 2.24) is 5.32 Å². The topological polar surface area (TPSA) is 128 Å². The molecule has 10 heteroatoms. The lowest BCUT2D eigenvalue weighted by Gasteiger charge is -2.21. The number of amides is 2. The van der Waals surface area contributed by atoms with E-state index in [0.717, 1.165) is 17.7 Å². The summed E-state index contributed by atoms with van der Waals surface area (Å²) in [6.07, 6.45) is 0. The van der Waals surface area contributed by atoms with E-state index in [1.165, 1.54) is 6.07 Å². The van der Waals surface area contributed by atoms with Crippen molar-refractivity contribution in [3.8, 4) is 0 Å². The normalized spacial score (nSPS) is 11.7. The highest BCUT2D eigenvalue weighted by atomic mass is 35.5. The summed E-state index contributed by atoms with van der Waals surface area (Å²) in [6.45, 7) is 6.99. The summed E-state index contributed by atoms with van der Waals surface area (Å²) in [5, 5.41) is 15.9. The quantitative estimate of drug-likeness (QED) is 0.316. The number of nitrogens with zero attached hydrogens (tertiary/aromatic N) is 1. The van der Waals surface area contributed by atoms with Gasteiger partial charge < -0.3 is 15.4 Å². The van der Waals surface area contributed by atoms with Gasteiger partial charge in [0.25, 0.3) is 17.5 Å². The number of ether oxygens (including phenoxy) is 1. The van der Waals surface area contributed by atoms with E-state index in [1.807, 2.05) is 12.1 Å². The second-order valence-electron chi connectivity index (χ2n) is 8.05. The maximum Gasteiger partial charge on any atom is 0.329 e. The number of benzene rings is 2. The summed E-state index contributed by atoms with van der Waals surface area (Å²) in [7, 11) is 0. The Kier molecular flexibility index (Phi) is 8.93.